The Morgan fingerprint density at radius 3 is 2.56 bits per heavy atom. The Morgan fingerprint density at radius 1 is 1.12 bits per heavy atom. The molecule has 1 unspecified atom stereocenters. The molecule has 0 saturated heterocycles. The number of methoxy groups -OCH3 is 1. The summed E-state index contributed by atoms with van der Waals surface area (Å²) in [5.41, 5.74) is 1.05. The van der Waals surface area contributed by atoms with Gasteiger partial charge in [0.15, 0.2) is 11.8 Å². The lowest BCUT2D eigenvalue weighted by Gasteiger charge is -2.18. The molecule has 8 nitrogen and oxygen atoms in total. The van der Waals surface area contributed by atoms with Crippen molar-refractivity contribution < 1.29 is 13.9 Å². The minimum Gasteiger partial charge on any atom is -0.497 e. The van der Waals surface area contributed by atoms with E-state index in [1.165, 1.54) is 12.1 Å². The number of aryl methyl sites for hydroxylation is 1. The summed E-state index contributed by atoms with van der Waals surface area (Å²) in [6.45, 7) is 5.23. The molecule has 2 N–H and O–H groups in total. The van der Waals surface area contributed by atoms with Gasteiger partial charge in [-0.2, -0.15) is 0 Å². The molecule has 0 amide bonds. The van der Waals surface area contributed by atoms with Crippen molar-refractivity contribution in [2.75, 3.05) is 13.7 Å². The van der Waals surface area contributed by atoms with Crippen molar-refractivity contribution in [1.82, 2.24) is 25.4 Å². The van der Waals surface area contributed by atoms with E-state index in [1.807, 2.05) is 49.7 Å². The van der Waals surface area contributed by atoms with E-state index in [0.717, 1.165) is 23.0 Å². The van der Waals surface area contributed by atoms with Gasteiger partial charge in [-0.25, -0.2) is 9.38 Å². The molecule has 0 bridgehead atoms. The van der Waals surface area contributed by atoms with Crippen LogP contribution in [0.15, 0.2) is 53.5 Å². The smallest absolute Gasteiger partial charge is 0.192 e. The second kappa shape index (κ2) is 11.1. The molecule has 1 aromatic heterocycles. The number of guanidine groups is 1. The molecule has 0 aliphatic carbocycles. The predicted octanol–water partition coefficient (Wildman–Crippen LogP) is 2.97. The van der Waals surface area contributed by atoms with Gasteiger partial charge >= 0.3 is 0 Å². The molecule has 0 aliphatic heterocycles. The summed E-state index contributed by atoms with van der Waals surface area (Å²) in [6.07, 6.45) is -0.207. The standard InChI is InChI=1S/C23H29FN6O2/c1-16(32-21-7-5-6-19(24)12-21)13-25-23(27-15-22-29-28-17(2)30(22)3)26-14-18-8-10-20(31-4)11-9-18/h5-12,16H,13-15H2,1-4H3,(H2,25,26,27). The number of rotatable bonds is 9. The van der Waals surface area contributed by atoms with Gasteiger partial charge in [-0.15, -0.1) is 10.2 Å². The summed E-state index contributed by atoms with van der Waals surface area (Å²) in [7, 11) is 3.56. The first-order valence-electron chi connectivity index (χ1n) is 10.4. The van der Waals surface area contributed by atoms with Gasteiger partial charge in [0.1, 0.15) is 29.2 Å². The number of nitrogens with one attached hydrogen (secondary N) is 2. The molecule has 170 valence electrons. The van der Waals surface area contributed by atoms with Crippen LogP contribution in [0.3, 0.4) is 0 Å². The van der Waals surface area contributed by atoms with Gasteiger partial charge in [0.25, 0.3) is 0 Å². The topological polar surface area (TPSA) is 85.6 Å². The van der Waals surface area contributed by atoms with Gasteiger partial charge in [0.05, 0.1) is 26.7 Å². The number of benzene rings is 2. The van der Waals surface area contributed by atoms with Crippen LogP contribution in [0.2, 0.25) is 0 Å². The molecule has 3 rings (SSSR count). The van der Waals surface area contributed by atoms with E-state index in [2.05, 4.69) is 25.8 Å². The van der Waals surface area contributed by atoms with E-state index in [1.54, 1.807) is 19.2 Å². The summed E-state index contributed by atoms with van der Waals surface area (Å²) in [5.74, 6) is 3.20. The number of hydrogen-bond acceptors (Lipinski definition) is 5. The Hall–Kier alpha value is -3.62. The lowest BCUT2D eigenvalue weighted by atomic mass is 10.2. The van der Waals surface area contributed by atoms with Gasteiger partial charge in [-0.3, -0.25) is 0 Å². The molecule has 0 aliphatic rings. The Bertz CT molecular complexity index is 1040. The minimum atomic E-state index is -0.329. The van der Waals surface area contributed by atoms with Gasteiger partial charge in [-0.1, -0.05) is 18.2 Å². The predicted molar refractivity (Wildman–Crippen MR) is 121 cm³/mol. The minimum absolute atomic E-state index is 0.207. The zero-order valence-corrected chi connectivity index (χ0v) is 18.8. The average molecular weight is 441 g/mol. The Labute approximate surface area is 187 Å². The van der Waals surface area contributed by atoms with Crippen LogP contribution in [0, 0.1) is 12.7 Å². The fourth-order valence-corrected chi connectivity index (χ4v) is 2.90. The third-order valence-corrected chi connectivity index (χ3v) is 4.87. The normalized spacial score (nSPS) is 12.3. The number of aliphatic imine (C=N–C) groups is 1. The highest BCUT2D eigenvalue weighted by Crippen LogP contribution is 2.14. The van der Waals surface area contributed by atoms with Crippen LogP contribution in [0.25, 0.3) is 0 Å². The van der Waals surface area contributed by atoms with Crippen LogP contribution < -0.4 is 20.1 Å². The maximum Gasteiger partial charge on any atom is 0.192 e. The number of nitrogens with zero attached hydrogens (tertiary/aromatic N) is 4. The molecule has 2 aromatic carbocycles. The van der Waals surface area contributed by atoms with E-state index in [9.17, 15) is 4.39 Å². The van der Waals surface area contributed by atoms with Crippen LogP contribution in [0.5, 0.6) is 11.5 Å². The van der Waals surface area contributed by atoms with Crippen molar-refractivity contribution in [3.8, 4) is 11.5 Å². The number of hydrogen-bond donors (Lipinski definition) is 2. The first-order chi connectivity index (χ1) is 15.4. The largest absolute Gasteiger partial charge is 0.497 e. The van der Waals surface area contributed by atoms with Gasteiger partial charge in [0, 0.05) is 13.1 Å². The molecule has 0 saturated carbocycles. The Kier molecular flexibility index (Phi) is 8.02. The first-order valence-corrected chi connectivity index (χ1v) is 10.4. The molecule has 3 aromatic rings. The molecule has 0 spiro atoms. The fraction of sp³-hybridized carbons (Fsp3) is 0.348. The first kappa shape index (κ1) is 23.1. The zero-order chi connectivity index (χ0) is 22.9. The van der Waals surface area contributed by atoms with Crippen molar-refractivity contribution in [3.05, 3.63) is 71.6 Å². The van der Waals surface area contributed by atoms with Gasteiger partial charge in [0.2, 0.25) is 0 Å². The van der Waals surface area contributed by atoms with E-state index in [0.29, 0.717) is 31.3 Å². The van der Waals surface area contributed by atoms with Gasteiger partial charge in [-0.05, 0) is 43.7 Å². The lowest BCUT2D eigenvalue weighted by Crippen LogP contribution is -2.42. The molecule has 32 heavy (non-hydrogen) atoms. The summed E-state index contributed by atoms with van der Waals surface area (Å²) in [6, 6.07) is 13.9. The quantitative estimate of drug-likeness (QED) is 0.393. The van der Waals surface area contributed by atoms with E-state index in [4.69, 9.17) is 9.47 Å². The maximum atomic E-state index is 13.4. The SMILES string of the molecule is COc1ccc(CN=C(NCc2nnc(C)n2C)NCC(C)Oc2cccc(F)c2)cc1. The highest BCUT2D eigenvalue weighted by atomic mass is 19.1. The molecular formula is C23H29FN6O2. The van der Waals surface area contributed by atoms with E-state index >= 15 is 0 Å². The highest BCUT2D eigenvalue weighted by Gasteiger charge is 2.09. The Balaban J connectivity index is 1.63. The fourth-order valence-electron chi connectivity index (χ4n) is 2.90. The third kappa shape index (κ3) is 6.69. The average Bonchev–Trinajstić information content (AvgIpc) is 3.11. The number of aromatic nitrogens is 3. The summed E-state index contributed by atoms with van der Waals surface area (Å²) < 4.78 is 26.3. The van der Waals surface area contributed by atoms with Crippen LogP contribution in [-0.2, 0) is 20.1 Å². The number of halogens is 1. The van der Waals surface area contributed by atoms with Crippen LogP contribution in [0.1, 0.15) is 24.1 Å². The summed E-state index contributed by atoms with van der Waals surface area (Å²) in [5, 5.41) is 14.8. The van der Waals surface area contributed by atoms with E-state index in [-0.39, 0.29) is 11.9 Å². The van der Waals surface area contributed by atoms with Gasteiger partial charge < -0.3 is 24.7 Å². The molecular weight excluding hydrogens is 411 g/mol. The summed E-state index contributed by atoms with van der Waals surface area (Å²) in [4.78, 5) is 4.67. The summed E-state index contributed by atoms with van der Waals surface area (Å²) >= 11 is 0. The Morgan fingerprint density at radius 2 is 1.91 bits per heavy atom. The van der Waals surface area contributed by atoms with Crippen molar-refractivity contribution in [3.63, 3.8) is 0 Å². The second-order valence-corrected chi connectivity index (χ2v) is 7.36. The van der Waals surface area contributed by atoms with Crippen LogP contribution in [-0.4, -0.2) is 40.5 Å². The van der Waals surface area contributed by atoms with Crippen molar-refractivity contribution in [1.29, 1.82) is 0 Å². The monoisotopic (exact) mass is 440 g/mol. The van der Waals surface area contributed by atoms with Crippen LogP contribution >= 0.6 is 0 Å². The van der Waals surface area contributed by atoms with Crippen LogP contribution in [0.4, 0.5) is 4.39 Å². The molecule has 9 heteroatoms. The van der Waals surface area contributed by atoms with E-state index < -0.39 is 0 Å². The van der Waals surface area contributed by atoms with Crippen molar-refractivity contribution >= 4 is 5.96 Å². The molecule has 0 fully saturated rings. The number of ether oxygens (including phenoxy) is 2. The third-order valence-electron chi connectivity index (χ3n) is 4.87. The lowest BCUT2D eigenvalue weighted by molar-refractivity contribution is 0.223. The molecule has 0 radical (unpaired) electrons. The molecule has 1 atom stereocenters. The molecule has 1 heterocycles. The second-order valence-electron chi connectivity index (χ2n) is 7.36. The maximum absolute atomic E-state index is 13.4. The highest BCUT2D eigenvalue weighted by molar-refractivity contribution is 5.79. The van der Waals surface area contributed by atoms with Crippen molar-refractivity contribution in [2.45, 2.75) is 33.0 Å². The zero-order valence-electron chi connectivity index (χ0n) is 18.8. The van der Waals surface area contributed by atoms with Crippen molar-refractivity contribution in [2.24, 2.45) is 12.0 Å².